The van der Waals surface area contributed by atoms with Crippen molar-refractivity contribution in [3.05, 3.63) is 60.0 Å². The summed E-state index contributed by atoms with van der Waals surface area (Å²) >= 11 is 0. The van der Waals surface area contributed by atoms with Crippen molar-refractivity contribution in [1.29, 1.82) is 0 Å². The Hall–Kier alpha value is -2.62. The number of benzene rings is 2. The molecule has 2 fully saturated rings. The molecular formula is C23H24N2O2. The number of carbonyl (C=O) groups is 1. The Kier molecular flexibility index (Phi) is 4.19. The van der Waals surface area contributed by atoms with Crippen LogP contribution in [0.5, 0.6) is 0 Å². The summed E-state index contributed by atoms with van der Waals surface area (Å²) in [6, 6.07) is 16.6. The summed E-state index contributed by atoms with van der Waals surface area (Å²) in [5.41, 5.74) is 1.43. The Morgan fingerprint density at radius 1 is 0.963 bits per heavy atom. The highest BCUT2D eigenvalue weighted by atomic mass is 16.5. The minimum absolute atomic E-state index is 0.0334. The average molecular weight is 360 g/mol. The quantitative estimate of drug-likeness (QED) is 0.601. The number of amides is 1. The van der Waals surface area contributed by atoms with Crippen LogP contribution >= 0.6 is 0 Å². The van der Waals surface area contributed by atoms with Gasteiger partial charge in [-0.15, -0.1) is 0 Å². The van der Waals surface area contributed by atoms with Gasteiger partial charge in [0, 0.05) is 23.4 Å². The van der Waals surface area contributed by atoms with Gasteiger partial charge in [0.15, 0.2) is 5.69 Å². The zero-order chi connectivity index (χ0) is 18.2. The van der Waals surface area contributed by atoms with E-state index >= 15 is 0 Å². The molecule has 0 unspecified atom stereocenters. The van der Waals surface area contributed by atoms with Crippen molar-refractivity contribution in [3.8, 4) is 0 Å². The third-order valence-corrected chi connectivity index (χ3v) is 5.91. The van der Waals surface area contributed by atoms with Crippen molar-refractivity contribution < 1.29 is 9.32 Å². The first-order chi connectivity index (χ1) is 13.3. The molecule has 0 radical (unpaired) electrons. The summed E-state index contributed by atoms with van der Waals surface area (Å²) in [6.07, 6.45) is 7.96. The van der Waals surface area contributed by atoms with E-state index in [4.69, 9.17) is 4.52 Å². The zero-order valence-corrected chi connectivity index (χ0v) is 15.4. The number of anilines is 1. The molecule has 0 saturated heterocycles. The van der Waals surface area contributed by atoms with Crippen LogP contribution in [0.3, 0.4) is 0 Å². The maximum absolute atomic E-state index is 13.5. The minimum atomic E-state index is -0.0334. The van der Waals surface area contributed by atoms with Crippen molar-refractivity contribution in [2.45, 2.75) is 56.9 Å². The molecular weight excluding hydrogens is 336 g/mol. The van der Waals surface area contributed by atoms with E-state index in [1.165, 1.54) is 19.3 Å². The first-order valence-corrected chi connectivity index (χ1v) is 10.1. The molecule has 4 heteroatoms. The van der Waals surface area contributed by atoms with Gasteiger partial charge in [0.25, 0.3) is 5.91 Å². The van der Waals surface area contributed by atoms with Gasteiger partial charge in [0.1, 0.15) is 5.76 Å². The molecule has 2 aliphatic rings. The standard InChI is InChI=1S/C23H24N2O2/c26-23(20-15-22(27-24-20)17-13-14-17)25(18-9-2-1-3-10-18)21-12-6-8-16-7-4-5-11-19(16)21/h4-8,11-12,15,17-18H,1-3,9-10,13-14H2. The number of aromatic nitrogens is 1. The van der Waals surface area contributed by atoms with Crippen molar-refractivity contribution in [1.82, 2.24) is 5.16 Å². The minimum Gasteiger partial charge on any atom is -0.360 e. The maximum Gasteiger partial charge on any atom is 0.280 e. The van der Waals surface area contributed by atoms with Crippen LogP contribution in [-0.4, -0.2) is 17.1 Å². The van der Waals surface area contributed by atoms with Gasteiger partial charge < -0.3 is 9.42 Å². The van der Waals surface area contributed by atoms with Crippen molar-refractivity contribution in [2.75, 3.05) is 4.90 Å². The molecule has 1 amide bonds. The summed E-state index contributed by atoms with van der Waals surface area (Å²) in [7, 11) is 0. The summed E-state index contributed by atoms with van der Waals surface area (Å²) in [5.74, 6) is 1.29. The SMILES string of the molecule is O=C(c1cc(C2CC2)on1)N(c1cccc2ccccc12)C1CCCCC1. The topological polar surface area (TPSA) is 46.3 Å². The average Bonchev–Trinajstić information content (AvgIpc) is 3.46. The van der Waals surface area contributed by atoms with Gasteiger partial charge in [-0.1, -0.05) is 60.8 Å². The molecule has 1 aromatic heterocycles. The highest BCUT2D eigenvalue weighted by Gasteiger charge is 2.33. The number of hydrogen-bond donors (Lipinski definition) is 0. The fraction of sp³-hybridized carbons (Fsp3) is 0.391. The van der Waals surface area contributed by atoms with E-state index in [1.807, 2.05) is 29.2 Å². The highest BCUT2D eigenvalue weighted by molar-refractivity contribution is 6.10. The number of rotatable bonds is 4. The van der Waals surface area contributed by atoms with Gasteiger partial charge in [-0.2, -0.15) is 0 Å². The number of hydrogen-bond acceptors (Lipinski definition) is 3. The van der Waals surface area contributed by atoms with Gasteiger partial charge >= 0.3 is 0 Å². The van der Waals surface area contributed by atoms with Crippen LogP contribution in [0.2, 0.25) is 0 Å². The fourth-order valence-electron chi connectivity index (χ4n) is 4.30. The normalized spacial score (nSPS) is 17.9. The molecule has 2 aliphatic carbocycles. The Morgan fingerprint density at radius 3 is 2.56 bits per heavy atom. The second-order valence-electron chi connectivity index (χ2n) is 7.85. The van der Waals surface area contributed by atoms with Crippen LogP contribution in [0, 0.1) is 0 Å². The van der Waals surface area contributed by atoms with Gasteiger partial charge in [0.2, 0.25) is 0 Å². The molecule has 3 aromatic rings. The van der Waals surface area contributed by atoms with Crippen molar-refractivity contribution in [2.24, 2.45) is 0 Å². The van der Waals surface area contributed by atoms with E-state index in [0.717, 1.165) is 47.9 Å². The Labute approximate surface area is 159 Å². The monoisotopic (exact) mass is 360 g/mol. The smallest absolute Gasteiger partial charge is 0.280 e. The van der Waals surface area contributed by atoms with Crippen LogP contribution in [0.25, 0.3) is 10.8 Å². The van der Waals surface area contributed by atoms with E-state index in [9.17, 15) is 4.79 Å². The lowest BCUT2D eigenvalue weighted by Crippen LogP contribution is -2.42. The van der Waals surface area contributed by atoms with Crippen LogP contribution < -0.4 is 4.90 Å². The molecule has 138 valence electrons. The van der Waals surface area contributed by atoms with Gasteiger partial charge in [-0.3, -0.25) is 4.79 Å². The highest BCUT2D eigenvalue weighted by Crippen LogP contribution is 2.40. The molecule has 2 aromatic carbocycles. The molecule has 5 rings (SSSR count). The van der Waals surface area contributed by atoms with Crippen molar-refractivity contribution >= 4 is 22.4 Å². The third-order valence-electron chi connectivity index (χ3n) is 5.91. The van der Waals surface area contributed by atoms with Crippen LogP contribution in [-0.2, 0) is 0 Å². The maximum atomic E-state index is 13.5. The third kappa shape index (κ3) is 3.14. The summed E-state index contributed by atoms with van der Waals surface area (Å²) in [5, 5.41) is 6.40. The number of carbonyl (C=O) groups excluding carboxylic acids is 1. The molecule has 1 heterocycles. The van der Waals surface area contributed by atoms with Crippen LogP contribution in [0.4, 0.5) is 5.69 Å². The Morgan fingerprint density at radius 2 is 1.74 bits per heavy atom. The molecule has 2 saturated carbocycles. The van der Waals surface area contributed by atoms with E-state index in [2.05, 4.69) is 29.4 Å². The summed E-state index contributed by atoms with van der Waals surface area (Å²) in [4.78, 5) is 15.5. The predicted molar refractivity (Wildman–Crippen MR) is 106 cm³/mol. The van der Waals surface area contributed by atoms with Crippen LogP contribution in [0.1, 0.15) is 67.1 Å². The number of nitrogens with zero attached hydrogens (tertiary/aromatic N) is 2. The Bertz CT molecular complexity index is 962. The summed E-state index contributed by atoms with van der Waals surface area (Å²) in [6.45, 7) is 0. The second-order valence-corrected chi connectivity index (χ2v) is 7.85. The van der Waals surface area contributed by atoms with E-state index in [-0.39, 0.29) is 11.9 Å². The lowest BCUT2D eigenvalue weighted by Gasteiger charge is -2.34. The molecule has 0 aliphatic heterocycles. The van der Waals surface area contributed by atoms with Gasteiger partial charge in [0.05, 0.1) is 5.69 Å². The first-order valence-electron chi connectivity index (χ1n) is 10.1. The zero-order valence-electron chi connectivity index (χ0n) is 15.4. The van der Waals surface area contributed by atoms with Gasteiger partial charge in [-0.05, 0) is 37.1 Å². The fourth-order valence-corrected chi connectivity index (χ4v) is 4.30. The van der Waals surface area contributed by atoms with E-state index in [1.54, 1.807) is 0 Å². The summed E-state index contributed by atoms with van der Waals surface area (Å²) < 4.78 is 5.47. The van der Waals surface area contributed by atoms with E-state index < -0.39 is 0 Å². The first kappa shape index (κ1) is 16.5. The largest absolute Gasteiger partial charge is 0.360 e. The number of fused-ring (bicyclic) bond motifs is 1. The molecule has 0 atom stereocenters. The molecule has 0 bridgehead atoms. The predicted octanol–water partition coefficient (Wildman–Crippen LogP) is 5.68. The van der Waals surface area contributed by atoms with Gasteiger partial charge in [-0.25, -0.2) is 0 Å². The molecule has 4 nitrogen and oxygen atoms in total. The lowest BCUT2D eigenvalue weighted by molar-refractivity contribution is 0.0962. The van der Waals surface area contributed by atoms with Crippen molar-refractivity contribution in [3.63, 3.8) is 0 Å². The molecule has 0 N–H and O–H groups in total. The molecule has 0 spiro atoms. The molecule has 27 heavy (non-hydrogen) atoms. The lowest BCUT2D eigenvalue weighted by atomic mass is 9.93. The second kappa shape index (κ2) is 6.84. The van der Waals surface area contributed by atoms with Crippen LogP contribution in [0.15, 0.2) is 53.1 Å². The van der Waals surface area contributed by atoms with E-state index in [0.29, 0.717) is 11.6 Å². The Balaban J connectivity index is 1.58.